The van der Waals surface area contributed by atoms with Gasteiger partial charge >= 0.3 is 0 Å². The highest BCUT2D eigenvalue weighted by atomic mass is 16.5. The number of nitrogens with zero attached hydrogens (tertiary/aromatic N) is 1. The molecule has 0 aliphatic heterocycles. The Kier molecular flexibility index (Phi) is 4.27. The number of hydrogen-bond donors (Lipinski definition) is 2. The normalized spacial score (nSPS) is 10.7. The maximum atomic E-state index is 11.5. The van der Waals surface area contributed by atoms with E-state index in [4.69, 9.17) is 9.15 Å². The summed E-state index contributed by atoms with van der Waals surface area (Å²) in [6.45, 7) is 1.84. The first kappa shape index (κ1) is 12.5. The molecule has 2 heterocycles. The lowest BCUT2D eigenvalue weighted by molar-refractivity contribution is 0.199. The van der Waals surface area contributed by atoms with E-state index in [1.165, 1.54) is 6.07 Å². The van der Waals surface area contributed by atoms with Crippen molar-refractivity contribution in [3.8, 4) is 11.6 Å². The fraction of sp³-hybridized carbons (Fsp3) is 0.333. The summed E-state index contributed by atoms with van der Waals surface area (Å²) in [5.41, 5.74) is 0.473. The molecule has 0 atom stereocenters. The van der Waals surface area contributed by atoms with Crippen LogP contribution in [0, 0.1) is 0 Å². The Balaban J connectivity index is 2.10. The quantitative estimate of drug-likeness (QED) is 0.739. The number of H-pyrrole nitrogens is 1. The molecule has 0 aliphatic rings. The van der Waals surface area contributed by atoms with Gasteiger partial charge in [0.15, 0.2) is 11.6 Å². The molecule has 0 saturated heterocycles. The van der Waals surface area contributed by atoms with Crippen LogP contribution in [0.2, 0.25) is 0 Å². The smallest absolute Gasteiger partial charge is 0.251 e. The average Bonchev–Trinajstić information content (AvgIpc) is 2.88. The summed E-state index contributed by atoms with van der Waals surface area (Å²) in [4.78, 5) is 18.5. The standard InChI is InChI=1S/C12H15N3O3/c1-17-6-4-13-8-9-7-11(16)15-12(14-9)10-3-2-5-18-10/h2-3,5,7,13H,4,6,8H2,1H3,(H,14,15,16). The van der Waals surface area contributed by atoms with Gasteiger partial charge < -0.3 is 19.5 Å². The Hall–Kier alpha value is -1.92. The lowest BCUT2D eigenvalue weighted by Crippen LogP contribution is -2.21. The van der Waals surface area contributed by atoms with E-state index in [1.54, 1.807) is 25.5 Å². The number of aromatic nitrogens is 2. The Morgan fingerprint density at radius 1 is 1.56 bits per heavy atom. The third kappa shape index (κ3) is 3.28. The van der Waals surface area contributed by atoms with Crippen molar-refractivity contribution in [3.05, 3.63) is 40.5 Å². The molecule has 0 radical (unpaired) electrons. The number of nitrogens with one attached hydrogen (secondary N) is 2. The highest BCUT2D eigenvalue weighted by molar-refractivity contribution is 5.45. The van der Waals surface area contributed by atoms with Crippen molar-refractivity contribution in [2.24, 2.45) is 0 Å². The molecular weight excluding hydrogens is 234 g/mol. The van der Waals surface area contributed by atoms with Crippen LogP contribution in [0.15, 0.2) is 33.7 Å². The van der Waals surface area contributed by atoms with Gasteiger partial charge in [0, 0.05) is 26.3 Å². The molecule has 0 aromatic carbocycles. The lowest BCUT2D eigenvalue weighted by atomic mass is 10.3. The zero-order valence-corrected chi connectivity index (χ0v) is 10.1. The molecule has 0 amide bonds. The first-order valence-corrected chi connectivity index (χ1v) is 5.63. The Morgan fingerprint density at radius 2 is 2.44 bits per heavy atom. The summed E-state index contributed by atoms with van der Waals surface area (Å²) in [7, 11) is 1.64. The second-order valence-electron chi connectivity index (χ2n) is 3.73. The highest BCUT2D eigenvalue weighted by Crippen LogP contribution is 2.13. The van der Waals surface area contributed by atoms with Gasteiger partial charge in [-0.15, -0.1) is 0 Å². The van der Waals surface area contributed by atoms with E-state index in [0.29, 0.717) is 37.0 Å². The van der Waals surface area contributed by atoms with Crippen molar-refractivity contribution in [3.63, 3.8) is 0 Å². The van der Waals surface area contributed by atoms with E-state index in [2.05, 4.69) is 15.3 Å². The molecule has 6 nitrogen and oxygen atoms in total. The second kappa shape index (κ2) is 6.13. The minimum absolute atomic E-state index is 0.194. The summed E-state index contributed by atoms with van der Waals surface area (Å²) in [5.74, 6) is 0.988. The molecule has 0 unspecified atom stereocenters. The summed E-state index contributed by atoms with van der Waals surface area (Å²) < 4.78 is 10.1. The van der Waals surface area contributed by atoms with Gasteiger partial charge in [0.1, 0.15) is 0 Å². The highest BCUT2D eigenvalue weighted by Gasteiger charge is 2.05. The van der Waals surface area contributed by atoms with Crippen LogP contribution in [-0.4, -0.2) is 30.2 Å². The third-order valence-corrected chi connectivity index (χ3v) is 2.34. The molecule has 0 fully saturated rings. The molecule has 0 aliphatic carbocycles. The van der Waals surface area contributed by atoms with E-state index in [9.17, 15) is 4.79 Å². The van der Waals surface area contributed by atoms with Gasteiger partial charge in [0.05, 0.1) is 18.6 Å². The fourth-order valence-electron chi connectivity index (χ4n) is 1.52. The molecule has 6 heteroatoms. The minimum Gasteiger partial charge on any atom is -0.461 e. The summed E-state index contributed by atoms with van der Waals surface area (Å²) >= 11 is 0. The number of methoxy groups -OCH3 is 1. The van der Waals surface area contributed by atoms with Crippen LogP contribution in [0.3, 0.4) is 0 Å². The second-order valence-corrected chi connectivity index (χ2v) is 3.73. The molecule has 2 N–H and O–H groups in total. The zero-order chi connectivity index (χ0) is 12.8. The molecular formula is C12H15N3O3. The molecule has 2 aromatic heterocycles. The molecule has 96 valence electrons. The van der Waals surface area contributed by atoms with Crippen LogP contribution in [0.25, 0.3) is 11.6 Å². The van der Waals surface area contributed by atoms with Crippen LogP contribution in [0.1, 0.15) is 5.69 Å². The van der Waals surface area contributed by atoms with Crippen LogP contribution in [-0.2, 0) is 11.3 Å². The SMILES string of the molecule is COCCNCc1cc(=O)[nH]c(-c2ccco2)n1. The summed E-state index contributed by atoms with van der Waals surface area (Å²) in [5, 5.41) is 3.13. The van der Waals surface area contributed by atoms with Crippen LogP contribution >= 0.6 is 0 Å². The first-order chi connectivity index (χ1) is 8.79. The summed E-state index contributed by atoms with van der Waals surface area (Å²) in [6.07, 6.45) is 1.54. The van der Waals surface area contributed by atoms with Crippen molar-refractivity contribution in [1.29, 1.82) is 0 Å². The first-order valence-electron chi connectivity index (χ1n) is 5.63. The molecule has 0 spiro atoms. The van der Waals surface area contributed by atoms with Crippen molar-refractivity contribution in [2.75, 3.05) is 20.3 Å². The van der Waals surface area contributed by atoms with E-state index in [0.717, 1.165) is 0 Å². The largest absolute Gasteiger partial charge is 0.461 e. The Bertz CT molecular complexity index is 534. The topological polar surface area (TPSA) is 80.1 Å². The fourth-order valence-corrected chi connectivity index (χ4v) is 1.52. The molecule has 0 saturated carbocycles. The van der Waals surface area contributed by atoms with E-state index >= 15 is 0 Å². The van der Waals surface area contributed by atoms with Gasteiger partial charge in [0.2, 0.25) is 0 Å². The number of aromatic amines is 1. The third-order valence-electron chi connectivity index (χ3n) is 2.34. The number of furan rings is 1. The van der Waals surface area contributed by atoms with Gasteiger partial charge in [-0.1, -0.05) is 0 Å². The molecule has 18 heavy (non-hydrogen) atoms. The maximum Gasteiger partial charge on any atom is 0.251 e. The number of hydrogen-bond acceptors (Lipinski definition) is 5. The van der Waals surface area contributed by atoms with Crippen LogP contribution < -0.4 is 10.9 Å². The van der Waals surface area contributed by atoms with Gasteiger partial charge in [-0.25, -0.2) is 4.98 Å². The number of rotatable bonds is 6. The Morgan fingerprint density at radius 3 is 3.17 bits per heavy atom. The monoisotopic (exact) mass is 249 g/mol. The molecule has 2 aromatic rings. The van der Waals surface area contributed by atoms with Crippen molar-refractivity contribution >= 4 is 0 Å². The number of ether oxygens (including phenoxy) is 1. The van der Waals surface area contributed by atoms with Gasteiger partial charge in [0.25, 0.3) is 5.56 Å². The Labute approximate surface area is 104 Å². The summed E-state index contributed by atoms with van der Waals surface area (Å²) in [6, 6.07) is 4.96. The van der Waals surface area contributed by atoms with Crippen LogP contribution in [0.5, 0.6) is 0 Å². The van der Waals surface area contributed by atoms with E-state index in [-0.39, 0.29) is 5.56 Å². The maximum absolute atomic E-state index is 11.5. The van der Waals surface area contributed by atoms with Gasteiger partial charge in [-0.3, -0.25) is 4.79 Å². The van der Waals surface area contributed by atoms with Gasteiger partial charge in [-0.05, 0) is 12.1 Å². The van der Waals surface area contributed by atoms with Gasteiger partial charge in [-0.2, -0.15) is 0 Å². The predicted octanol–water partition coefficient (Wildman–Crippen LogP) is 0.766. The lowest BCUT2D eigenvalue weighted by Gasteiger charge is -2.04. The molecule has 2 rings (SSSR count). The van der Waals surface area contributed by atoms with E-state index < -0.39 is 0 Å². The van der Waals surface area contributed by atoms with Crippen molar-refractivity contribution < 1.29 is 9.15 Å². The zero-order valence-electron chi connectivity index (χ0n) is 10.1. The van der Waals surface area contributed by atoms with E-state index in [1.807, 2.05) is 0 Å². The van der Waals surface area contributed by atoms with Crippen molar-refractivity contribution in [1.82, 2.24) is 15.3 Å². The average molecular weight is 249 g/mol. The van der Waals surface area contributed by atoms with Crippen LogP contribution in [0.4, 0.5) is 0 Å². The minimum atomic E-state index is -0.194. The molecule has 0 bridgehead atoms. The van der Waals surface area contributed by atoms with Crippen molar-refractivity contribution in [2.45, 2.75) is 6.54 Å². The predicted molar refractivity (Wildman–Crippen MR) is 66.1 cm³/mol.